The molecule has 0 aliphatic rings. The summed E-state index contributed by atoms with van der Waals surface area (Å²) in [6, 6.07) is 8.06. The van der Waals surface area contributed by atoms with Crippen molar-refractivity contribution in [1.82, 2.24) is 5.32 Å². The maximum absolute atomic E-state index is 14.0. The van der Waals surface area contributed by atoms with Crippen LogP contribution in [0.25, 0.3) is 0 Å². The number of benzene rings is 2. The van der Waals surface area contributed by atoms with E-state index in [9.17, 15) is 30.8 Å². The Hall–Kier alpha value is -2.62. The van der Waals surface area contributed by atoms with Gasteiger partial charge in [0.2, 0.25) is 15.9 Å². The second kappa shape index (κ2) is 8.17. The standard InChI is InChI=1S/C18H18F4N2O3S/c1-11(13-5-8-16(15(19)9-13)24-28(2,26)27)17(25)23-10-12-3-6-14(7-4-12)18(20,21)22/h3-9,11,24H,10H2,1-2H3,(H,23,25). The van der Waals surface area contributed by atoms with Gasteiger partial charge < -0.3 is 5.32 Å². The van der Waals surface area contributed by atoms with E-state index in [4.69, 9.17) is 0 Å². The van der Waals surface area contributed by atoms with Gasteiger partial charge in [0.1, 0.15) is 5.82 Å². The first-order valence-corrected chi connectivity index (χ1v) is 9.97. The molecule has 0 radical (unpaired) electrons. The molecule has 0 aromatic heterocycles. The van der Waals surface area contributed by atoms with Crippen molar-refractivity contribution in [2.75, 3.05) is 11.0 Å². The number of alkyl halides is 3. The molecule has 0 spiro atoms. The van der Waals surface area contributed by atoms with E-state index >= 15 is 0 Å². The summed E-state index contributed by atoms with van der Waals surface area (Å²) < 4.78 is 76.0. The number of amides is 1. The minimum absolute atomic E-state index is 0.0114. The first-order chi connectivity index (χ1) is 12.9. The molecule has 2 rings (SSSR count). The van der Waals surface area contributed by atoms with Gasteiger partial charge >= 0.3 is 6.18 Å². The van der Waals surface area contributed by atoms with Gasteiger partial charge in [-0.25, -0.2) is 12.8 Å². The van der Waals surface area contributed by atoms with Crippen molar-refractivity contribution in [3.63, 3.8) is 0 Å². The fraction of sp³-hybridized carbons (Fsp3) is 0.278. The van der Waals surface area contributed by atoms with Crippen LogP contribution in [-0.4, -0.2) is 20.6 Å². The third kappa shape index (κ3) is 5.95. The Morgan fingerprint density at radius 1 is 1.11 bits per heavy atom. The summed E-state index contributed by atoms with van der Waals surface area (Å²) in [5.41, 5.74) is -0.216. The molecular formula is C18H18F4N2O3S. The zero-order chi connectivity index (χ0) is 21.1. The topological polar surface area (TPSA) is 75.3 Å². The van der Waals surface area contributed by atoms with E-state index in [1.54, 1.807) is 0 Å². The van der Waals surface area contributed by atoms with Crippen molar-refractivity contribution in [2.45, 2.75) is 25.6 Å². The molecule has 0 bridgehead atoms. The molecule has 28 heavy (non-hydrogen) atoms. The molecule has 0 saturated heterocycles. The summed E-state index contributed by atoms with van der Waals surface area (Å²) in [4.78, 5) is 12.2. The molecule has 2 aromatic carbocycles. The van der Waals surface area contributed by atoms with E-state index in [0.717, 1.165) is 24.5 Å². The molecule has 0 aliphatic carbocycles. The summed E-state index contributed by atoms with van der Waals surface area (Å²) in [6.45, 7) is 1.54. The number of anilines is 1. The Balaban J connectivity index is 2.01. The predicted octanol–water partition coefficient (Wildman–Crippen LogP) is 3.64. The minimum atomic E-state index is -4.43. The van der Waals surface area contributed by atoms with E-state index in [2.05, 4.69) is 5.32 Å². The van der Waals surface area contributed by atoms with Gasteiger partial charge in [0.25, 0.3) is 0 Å². The van der Waals surface area contributed by atoms with Gasteiger partial charge in [0, 0.05) is 6.54 Å². The largest absolute Gasteiger partial charge is 0.416 e. The third-order valence-corrected chi connectivity index (χ3v) is 4.52. The monoisotopic (exact) mass is 418 g/mol. The number of halogens is 4. The average molecular weight is 418 g/mol. The van der Waals surface area contributed by atoms with Gasteiger partial charge in [-0.05, 0) is 42.3 Å². The molecular weight excluding hydrogens is 400 g/mol. The quantitative estimate of drug-likeness (QED) is 0.704. The van der Waals surface area contributed by atoms with Crippen molar-refractivity contribution in [1.29, 1.82) is 0 Å². The molecule has 1 unspecified atom stereocenters. The van der Waals surface area contributed by atoms with Crippen LogP contribution in [0.2, 0.25) is 0 Å². The lowest BCUT2D eigenvalue weighted by Crippen LogP contribution is -2.27. The van der Waals surface area contributed by atoms with Crippen LogP contribution in [0, 0.1) is 5.82 Å². The summed E-state index contributed by atoms with van der Waals surface area (Å²) in [6.07, 6.45) is -3.55. The lowest BCUT2D eigenvalue weighted by Gasteiger charge is -2.14. The van der Waals surface area contributed by atoms with Gasteiger partial charge in [0.05, 0.1) is 23.4 Å². The zero-order valence-corrected chi connectivity index (χ0v) is 15.8. The molecule has 0 saturated carbocycles. The van der Waals surface area contributed by atoms with Gasteiger partial charge in [-0.15, -0.1) is 0 Å². The van der Waals surface area contributed by atoms with Crippen LogP contribution in [0.1, 0.15) is 29.5 Å². The van der Waals surface area contributed by atoms with Crippen molar-refractivity contribution in [3.05, 3.63) is 65.0 Å². The first kappa shape index (κ1) is 21.7. The van der Waals surface area contributed by atoms with E-state index < -0.39 is 39.4 Å². The Bertz CT molecular complexity index is 958. The fourth-order valence-electron chi connectivity index (χ4n) is 2.39. The maximum Gasteiger partial charge on any atom is 0.416 e. The molecule has 0 heterocycles. The van der Waals surface area contributed by atoms with Gasteiger partial charge in [-0.2, -0.15) is 13.2 Å². The van der Waals surface area contributed by atoms with Crippen LogP contribution >= 0.6 is 0 Å². The van der Waals surface area contributed by atoms with Crippen LogP contribution in [0.3, 0.4) is 0 Å². The lowest BCUT2D eigenvalue weighted by molar-refractivity contribution is -0.137. The number of sulfonamides is 1. The predicted molar refractivity (Wildman–Crippen MR) is 96.6 cm³/mol. The molecule has 1 atom stereocenters. The number of hydrogen-bond acceptors (Lipinski definition) is 3. The third-order valence-electron chi connectivity index (χ3n) is 3.93. The van der Waals surface area contributed by atoms with Gasteiger partial charge in [0.15, 0.2) is 0 Å². The molecule has 10 heteroatoms. The van der Waals surface area contributed by atoms with Crippen LogP contribution < -0.4 is 10.0 Å². The normalized spacial score (nSPS) is 13.1. The smallest absolute Gasteiger partial charge is 0.352 e. The van der Waals surface area contributed by atoms with E-state index in [-0.39, 0.29) is 12.2 Å². The van der Waals surface area contributed by atoms with Crippen molar-refractivity contribution >= 4 is 21.6 Å². The van der Waals surface area contributed by atoms with Crippen molar-refractivity contribution in [2.24, 2.45) is 0 Å². The fourth-order valence-corrected chi connectivity index (χ4v) is 2.95. The average Bonchev–Trinajstić information content (AvgIpc) is 2.59. The lowest BCUT2D eigenvalue weighted by atomic mass is 9.99. The number of rotatable bonds is 6. The van der Waals surface area contributed by atoms with Crippen molar-refractivity contribution in [3.8, 4) is 0 Å². The Kier molecular flexibility index (Phi) is 6.33. The number of carbonyl (C=O) groups excluding carboxylic acids is 1. The van der Waals surface area contributed by atoms with Crippen LogP contribution in [0.4, 0.5) is 23.2 Å². The zero-order valence-electron chi connectivity index (χ0n) is 15.0. The highest BCUT2D eigenvalue weighted by molar-refractivity contribution is 7.92. The maximum atomic E-state index is 14.0. The summed E-state index contributed by atoms with van der Waals surface area (Å²) >= 11 is 0. The molecule has 2 N–H and O–H groups in total. The van der Waals surface area contributed by atoms with Crippen LogP contribution in [0.15, 0.2) is 42.5 Å². The summed E-state index contributed by atoms with van der Waals surface area (Å²) in [7, 11) is -3.64. The first-order valence-electron chi connectivity index (χ1n) is 8.08. The highest BCUT2D eigenvalue weighted by Crippen LogP contribution is 2.29. The number of hydrogen-bond donors (Lipinski definition) is 2. The summed E-state index contributed by atoms with van der Waals surface area (Å²) in [5.74, 6) is -2.04. The van der Waals surface area contributed by atoms with E-state index in [0.29, 0.717) is 11.1 Å². The second-order valence-corrected chi connectivity index (χ2v) is 8.00. The van der Waals surface area contributed by atoms with Crippen molar-refractivity contribution < 1.29 is 30.8 Å². The highest BCUT2D eigenvalue weighted by Gasteiger charge is 2.29. The molecule has 1 amide bonds. The van der Waals surface area contributed by atoms with Crippen LogP contribution in [-0.2, 0) is 27.5 Å². The number of carbonyl (C=O) groups is 1. The Morgan fingerprint density at radius 2 is 1.71 bits per heavy atom. The minimum Gasteiger partial charge on any atom is -0.352 e. The molecule has 5 nitrogen and oxygen atoms in total. The Labute approximate surface area is 159 Å². The second-order valence-electron chi connectivity index (χ2n) is 6.25. The Morgan fingerprint density at radius 3 is 2.21 bits per heavy atom. The van der Waals surface area contributed by atoms with Gasteiger partial charge in [-0.1, -0.05) is 18.2 Å². The van der Waals surface area contributed by atoms with Crippen LogP contribution in [0.5, 0.6) is 0 Å². The number of nitrogens with one attached hydrogen (secondary N) is 2. The molecule has 0 fully saturated rings. The highest BCUT2D eigenvalue weighted by atomic mass is 32.2. The van der Waals surface area contributed by atoms with Gasteiger partial charge in [-0.3, -0.25) is 9.52 Å². The van der Waals surface area contributed by atoms with E-state index in [1.165, 1.54) is 31.2 Å². The SMILES string of the molecule is CC(C(=O)NCc1ccc(C(F)(F)F)cc1)c1ccc(NS(C)(=O)=O)c(F)c1. The molecule has 152 valence electrons. The molecule has 2 aromatic rings. The van der Waals surface area contributed by atoms with E-state index in [1.807, 2.05) is 4.72 Å². The summed E-state index contributed by atoms with van der Waals surface area (Å²) in [5, 5.41) is 2.57. The molecule has 0 aliphatic heterocycles.